The van der Waals surface area contributed by atoms with E-state index >= 15 is 0 Å². The number of carbonyl (C=O) groups is 1. The lowest BCUT2D eigenvalue weighted by Crippen LogP contribution is -2.21. The minimum atomic E-state index is -0.870. The molecule has 7 heteroatoms. The highest BCUT2D eigenvalue weighted by Gasteiger charge is 2.22. The van der Waals surface area contributed by atoms with Crippen LogP contribution in [0.3, 0.4) is 0 Å². The van der Waals surface area contributed by atoms with E-state index in [1.165, 1.54) is 0 Å². The Labute approximate surface area is 127 Å². The Morgan fingerprint density at radius 2 is 2.00 bits per heavy atom. The van der Waals surface area contributed by atoms with Crippen LogP contribution in [-0.4, -0.2) is 22.6 Å². The lowest BCUT2D eigenvalue weighted by molar-refractivity contribution is 0.0599. The highest BCUT2D eigenvalue weighted by Crippen LogP contribution is 2.24. The van der Waals surface area contributed by atoms with E-state index in [4.69, 9.17) is 0 Å². The van der Waals surface area contributed by atoms with Gasteiger partial charge in [-0.2, -0.15) is 0 Å². The topological polar surface area (TPSA) is 85.1 Å². The number of carbonyl (C=O) groups excluding carboxylic acids is 1. The summed E-state index contributed by atoms with van der Waals surface area (Å²) in [5.74, 6) is -1.43. The van der Waals surface area contributed by atoms with Crippen molar-refractivity contribution in [2.75, 3.05) is 7.11 Å². The van der Waals surface area contributed by atoms with Crippen LogP contribution in [-0.2, 0) is 4.74 Å². The third kappa shape index (κ3) is 1.98. The number of aryl methyl sites for hydroxylation is 1. The standard InChI is InChI=1S/C15H11NO5S/c1-7-3-4-8-10(5-7)22-15(20)13-12(14(19)21-2)9(17)6-11(18)16(8)13/h3-6,17H,1-2H3. The second-order valence-corrected chi connectivity index (χ2v) is 5.79. The van der Waals surface area contributed by atoms with E-state index in [1.54, 1.807) is 18.2 Å². The van der Waals surface area contributed by atoms with Crippen LogP contribution in [0.4, 0.5) is 0 Å². The molecule has 2 aromatic heterocycles. The van der Waals surface area contributed by atoms with Crippen LogP contribution in [0.25, 0.3) is 15.7 Å². The molecule has 2 heterocycles. The number of pyridine rings is 1. The molecule has 0 saturated carbocycles. The van der Waals surface area contributed by atoms with Crippen LogP contribution >= 0.6 is 11.3 Å². The van der Waals surface area contributed by atoms with Gasteiger partial charge in [-0.3, -0.25) is 14.0 Å². The molecule has 1 aromatic carbocycles. The van der Waals surface area contributed by atoms with Crippen molar-refractivity contribution in [3.63, 3.8) is 0 Å². The fraction of sp³-hybridized carbons (Fsp3) is 0.133. The number of aromatic hydroxyl groups is 1. The van der Waals surface area contributed by atoms with Gasteiger partial charge >= 0.3 is 5.97 Å². The molecule has 0 bridgehead atoms. The van der Waals surface area contributed by atoms with Gasteiger partial charge in [0, 0.05) is 6.07 Å². The van der Waals surface area contributed by atoms with Gasteiger partial charge in [-0.15, -0.1) is 0 Å². The summed E-state index contributed by atoms with van der Waals surface area (Å²) in [5, 5.41) is 9.88. The maximum Gasteiger partial charge on any atom is 0.343 e. The monoisotopic (exact) mass is 317 g/mol. The third-order valence-corrected chi connectivity index (χ3v) is 4.26. The van der Waals surface area contributed by atoms with Gasteiger partial charge in [-0.05, 0) is 24.6 Å². The quantitative estimate of drug-likeness (QED) is 0.545. The molecule has 0 aliphatic rings. The third-order valence-electron chi connectivity index (χ3n) is 3.34. The molecule has 1 N–H and O–H groups in total. The molecule has 0 unspecified atom stereocenters. The highest BCUT2D eigenvalue weighted by atomic mass is 32.1. The lowest BCUT2D eigenvalue weighted by atomic mass is 10.2. The second kappa shape index (κ2) is 4.96. The summed E-state index contributed by atoms with van der Waals surface area (Å²) in [6, 6.07) is 6.20. The number of hydrogen-bond acceptors (Lipinski definition) is 6. The molecular formula is C15H11NO5S. The molecule has 0 saturated heterocycles. The summed E-state index contributed by atoms with van der Waals surface area (Å²) < 4.78 is 5.87. The van der Waals surface area contributed by atoms with Crippen molar-refractivity contribution in [1.29, 1.82) is 0 Å². The van der Waals surface area contributed by atoms with Gasteiger partial charge < -0.3 is 9.84 Å². The first kappa shape index (κ1) is 14.3. The van der Waals surface area contributed by atoms with E-state index in [-0.39, 0.29) is 11.1 Å². The van der Waals surface area contributed by atoms with E-state index in [9.17, 15) is 19.5 Å². The molecule has 0 amide bonds. The van der Waals surface area contributed by atoms with Crippen LogP contribution in [0.2, 0.25) is 0 Å². The van der Waals surface area contributed by atoms with Crippen LogP contribution < -0.4 is 10.3 Å². The number of fused-ring (bicyclic) bond motifs is 3. The van der Waals surface area contributed by atoms with Crippen molar-refractivity contribution >= 4 is 33.0 Å². The fourth-order valence-corrected chi connectivity index (χ4v) is 3.37. The Hall–Kier alpha value is -2.67. The first-order chi connectivity index (χ1) is 10.4. The molecule has 3 aromatic rings. The predicted octanol–water partition coefficient (Wildman–Crippen LogP) is 1.68. The predicted molar refractivity (Wildman–Crippen MR) is 83.1 cm³/mol. The molecule has 0 spiro atoms. The van der Waals surface area contributed by atoms with E-state index in [2.05, 4.69) is 4.74 Å². The second-order valence-electron chi connectivity index (χ2n) is 4.78. The maximum absolute atomic E-state index is 12.4. The smallest absolute Gasteiger partial charge is 0.343 e. The first-order valence-corrected chi connectivity index (χ1v) is 7.16. The van der Waals surface area contributed by atoms with E-state index < -0.39 is 22.0 Å². The van der Waals surface area contributed by atoms with Crippen molar-refractivity contribution in [2.45, 2.75) is 6.92 Å². The number of methoxy groups -OCH3 is 1. The number of nitrogens with zero attached hydrogens (tertiary/aromatic N) is 1. The Morgan fingerprint density at radius 3 is 2.68 bits per heavy atom. The SMILES string of the molecule is COC(=O)c1c(O)cc(=O)n2c1c(=O)sc1cc(C)ccc12. The average Bonchev–Trinajstić information content (AvgIpc) is 2.46. The molecule has 112 valence electrons. The fourth-order valence-electron chi connectivity index (χ4n) is 2.37. The molecule has 0 aliphatic carbocycles. The summed E-state index contributed by atoms with van der Waals surface area (Å²) in [6.07, 6.45) is 0. The van der Waals surface area contributed by atoms with E-state index in [1.807, 2.05) is 6.92 Å². The zero-order chi connectivity index (χ0) is 16.0. The Bertz CT molecular complexity index is 1050. The molecule has 0 fully saturated rings. The van der Waals surface area contributed by atoms with Crippen LogP contribution in [0.15, 0.2) is 33.9 Å². The van der Waals surface area contributed by atoms with Crippen molar-refractivity contribution < 1.29 is 14.6 Å². The minimum absolute atomic E-state index is 0.168. The lowest BCUT2D eigenvalue weighted by Gasteiger charge is -2.10. The Kier molecular flexibility index (Phi) is 3.22. The highest BCUT2D eigenvalue weighted by molar-refractivity contribution is 7.16. The number of esters is 1. The largest absolute Gasteiger partial charge is 0.507 e. The average molecular weight is 317 g/mol. The number of benzene rings is 1. The van der Waals surface area contributed by atoms with Gasteiger partial charge in [0.15, 0.2) is 0 Å². The Morgan fingerprint density at radius 1 is 1.27 bits per heavy atom. The zero-order valence-corrected chi connectivity index (χ0v) is 12.6. The van der Waals surface area contributed by atoms with Crippen LogP contribution in [0.5, 0.6) is 5.75 Å². The van der Waals surface area contributed by atoms with Gasteiger partial charge in [0.05, 0.1) is 17.3 Å². The van der Waals surface area contributed by atoms with Crippen molar-refractivity contribution in [1.82, 2.24) is 4.40 Å². The summed E-state index contributed by atoms with van der Waals surface area (Å²) in [5.41, 5.74) is 0.394. The summed E-state index contributed by atoms with van der Waals surface area (Å²) in [7, 11) is 1.14. The maximum atomic E-state index is 12.4. The molecule has 0 aliphatic heterocycles. The minimum Gasteiger partial charge on any atom is -0.507 e. The van der Waals surface area contributed by atoms with E-state index in [0.29, 0.717) is 10.2 Å². The van der Waals surface area contributed by atoms with Crippen molar-refractivity contribution in [2.24, 2.45) is 0 Å². The van der Waals surface area contributed by atoms with Crippen LogP contribution in [0.1, 0.15) is 15.9 Å². The summed E-state index contributed by atoms with van der Waals surface area (Å²) >= 11 is 0.911. The van der Waals surface area contributed by atoms with Crippen molar-refractivity contribution in [3.8, 4) is 5.75 Å². The molecule has 0 radical (unpaired) electrons. The molecular weight excluding hydrogens is 306 g/mol. The number of ether oxygens (including phenoxy) is 1. The van der Waals surface area contributed by atoms with Gasteiger partial charge in [-0.25, -0.2) is 4.79 Å². The van der Waals surface area contributed by atoms with Crippen molar-refractivity contribution in [3.05, 3.63) is 55.3 Å². The zero-order valence-electron chi connectivity index (χ0n) is 11.7. The number of aromatic nitrogens is 1. The molecule has 0 atom stereocenters. The van der Waals surface area contributed by atoms with Crippen LogP contribution in [0, 0.1) is 6.92 Å². The number of hydrogen-bond donors (Lipinski definition) is 1. The Balaban J connectivity index is 2.67. The van der Waals surface area contributed by atoms with E-state index in [0.717, 1.165) is 34.5 Å². The molecule has 6 nitrogen and oxygen atoms in total. The van der Waals surface area contributed by atoms with Gasteiger partial charge in [0.1, 0.15) is 16.8 Å². The first-order valence-electron chi connectivity index (χ1n) is 6.34. The molecule has 3 rings (SSSR count). The summed E-state index contributed by atoms with van der Waals surface area (Å²) in [6.45, 7) is 1.88. The van der Waals surface area contributed by atoms with Gasteiger partial charge in [0.2, 0.25) is 0 Å². The van der Waals surface area contributed by atoms with Gasteiger partial charge in [-0.1, -0.05) is 17.4 Å². The number of rotatable bonds is 1. The molecule has 22 heavy (non-hydrogen) atoms. The van der Waals surface area contributed by atoms with Gasteiger partial charge in [0.25, 0.3) is 10.3 Å². The summed E-state index contributed by atoms with van der Waals surface area (Å²) in [4.78, 5) is 36.5. The normalized spacial score (nSPS) is 11.0.